The number of H-pyrrole nitrogens is 1. The molecule has 0 saturated heterocycles. The van der Waals surface area contributed by atoms with Crippen molar-refractivity contribution in [2.45, 2.75) is 32.5 Å². The van der Waals surface area contributed by atoms with E-state index in [4.69, 9.17) is 4.74 Å². The Morgan fingerprint density at radius 1 is 1.18 bits per heavy atom. The van der Waals surface area contributed by atoms with Crippen LogP contribution in [0.2, 0.25) is 0 Å². The first-order valence-corrected chi connectivity index (χ1v) is 10.5. The molecule has 3 rings (SSSR count). The molecule has 1 amide bonds. The van der Waals surface area contributed by atoms with Crippen molar-refractivity contribution in [1.82, 2.24) is 15.2 Å². The molecule has 2 aromatic carbocycles. The Hall–Kier alpha value is -2.32. The van der Waals surface area contributed by atoms with Crippen molar-refractivity contribution in [3.05, 3.63) is 63.4 Å². The maximum absolute atomic E-state index is 12.2. The first-order chi connectivity index (χ1) is 13.4. The van der Waals surface area contributed by atoms with Crippen molar-refractivity contribution >= 4 is 39.3 Å². The lowest BCUT2D eigenvalue weighted by Gasteiger charge is -2.09. The monoisotopic (exact) mass is 460 g/mol. The van der Waals surface area contributed by atoms with E-state index in [1.54, 1.807) is 0 Å². The number of nitrogens with one attached hydrogen (secondary N) is 2. The molecular weight excluding hydrogens is 440 g/mol. The van der Waals surface area contributed by atoms with Gasteiger partial charge in [-0.3, -0.25) is 9.89 Å². The number of ether oxygens (including phenoxy) is 1. The third-order valence-corrected chi connectivity index (χ3v) is 5.60. The predicted molar refractivity (Wildman–Crippen MR) is 115 cm³/mol. The van der Waals surface area contributed by atoms with Gasteiger partial charge in [0.25, 0.3) is 0 Å². The minimum absolute atomic E-state index is 0.115. The number of amides is 1. The van der Waals surface area contributed by atoms with Gasteiger partial charge in [-0.1, -0.05) is 29.5 Å². The Morgan fingerprint density at radius 2 is 1.89 bits per heavy atom. The van der Waals surface area contributed by atoms with E-state index in [1.165, 1.54) is 22.9 Å². The molecule has 0 atom stereocenters. The van der Waals surface area contributed by atoms with Gasteiger partial charge in [-0.2, -0.15) is 0 Å². The second-order valence-electron chi connectivity index (χ2n) is 6.42. The van der Waals surface area contributed by atoms with Gasteiger partial charge in [-0.15, -0.1) is 5.10 Å². The molecule has 0 spiro atoms. The average molecular weight is 461 g/mol. The molecule has 0 aliphatic carbocycles. The van der Waals surface area contributed by atoms with Crippen molar-refractivity contribution in [3.63, 3.8) is 0 Å². The number of aryl methyl sites for hydroxylation is 3. The molecule has 28 heavy (non-hydrogen) atoms. The molecule has 6 nitrogen and oxygen atoms in total. The summed E-state index contributed by atoms with van der Waals surface area (Å²) in [6.07, 6.45) is 0. The van der Waals surface area contributed by atoms with Gasteiger partial charge in [0.2, 0.25) is 11.1 Å². The molecule has 0 radical (unpaired) electrons. The van der Waals surface area contributed by atoms with Crippen molar-refractivity contribution in [1.29, 1.82) is 0 Å². The third-order valence-electron chi connectivity index (χ3n) is 4.10. The fourth-order valence-corrected chi connectivity index (χ4v) is 3.56. The van der Waals surface area contributed by atoms with Crippen LogP contribution in [-0.4, -0.2) is 26.8 Å². The van der Waals surface area contributed by atoms with Crippen LogP contribution in [0, 0.1) is 20.8 Å². The lowest BCUT2D eigenvalue weighted by molar-refractivity contribution is -0.113. The highest BCUT2D eigenvalue weighted by atomic mass is 79.9. The van der Waals surface area contributed by atoms with E-state index in [-0.39, 0.29) is 11.7 Å². The molecular formula is C20H21BrN4O2S. The maximum Gasteiger partial charge on any atom is 0.234 e. The molecule has 3 aromatic rings. The summed E-state index contributed by atoms with van der Waals surface area (Å²) in [5.41, 5.74) is 4.23. The highest BCUT2D eigenvalue weighted by molar-refractivity contribution is 9.10. The van der Waals surface area contributed by atoms with E-state index in [0.29, 0.717) is 17.6 Å². The van der Waals surface area contributed by atoms with Crippen LogP contribution >= 0.6 is 27.7 Å². The quantitative estimate of drug-likeness (QED) is 0.494. The Labute approximate surface area is 176 Å². The molecule has 8 heteroatoms. The molecule has 0 saturated carbocycles. The van der Waals surface area contributed by atoms with Crippen LogP contribution in [-0.2, 0) is 11.4 Å². The normalized spacial score (nSPS) is 10.7. The average Bonchev–Trinajstić information content (AvgIpc) is 3.12. The van der Waals surface area contributed by atoms with Crippen molar-refractivity contribution in [3.8, 4) is 5.75 Å². The molecule has 2 N–H and O–H groups in total. The molecule has 0 aliphatic heterocycles. The zero-order chi connectivity index (χ0) is 20.1. The summed E-state index contributed by atoms with van der Waals surface area (Å²) in [7, 11) is 0. The van der Waals surface area contributed by atoms with E-state index in [1.807, 2.05) is 57.2 Å². The van der Waals surface area contributed by atoms with Crippen LogP contribution in [0.25, 0.3) is 0 Å². The SMILES string of the molecule is Cc1ccc(OCc2nc(SCC(=O)Nc3cc(C)c(C)cc3Br)n[nH]2)cc1. The number of carbonyl (C=O) groups excluding carboxylic acids is 1. The van der Waals surface area contributed by atoms with Crippen LogP contribution in [0.3, 0.4) is 0 Å². The number of halogens is 1. The van der Waals surface area contributed by atoms with E-state index >= 15 is 0 Å². The van der Waals surface area contributed by atoms with Gasteiger partial charge in [-0.05, 0) is 72.1 Å². The van der Waals surface area contributed by atoms with Gasteiger partial charge in [-0.25, -0.2) is 4.98 Å². The van der Waals surface area contributed by atoms with E-state index in [0.717, 1.165) is 21.5 Å². The highest BCUT2D eigenvalue weighted by Gasteiger charge is 2.11. The Balaban J connectivity index is 1.49. The summed E-state index contributed by atoms with van der Waals surface area (Å²) in [6, 6.07) is 11.8. The second kappa shape index (κ2) is 9.25. The van der Waals surface area contributed by atoms with Gasteiger partial charge in [0, 0.05) is 4.47 Å². The van der Waals surface area contributed by atoms with Crippen LogP contribution in [0.5, 0.6) is 5.75 Å². The van der Waals surface area contributed by atoms with Crippen LogP contribution in [0.15, 0.2) is 46.0 Å². The van der Waals surface area contributed by atoms with E-state index in [9.17, 15) is 4.79 Å². The van der Waals surface area contributed by atoms with Crippen LogP contribution in [0.4, 0.5) is 5.69 Å². The molecule has 0 aliphatic rings. The van der Waals surface area contributed by atoms with Gasteiger partial charge in [0.1, 0.15) is 12.4 Å². The summed E-state index contributed by atoms with van der Waals surface area (Å²) in [6.45, 7) is 6.36. The zero-order valence-electron chi connectivity index (χ0n) is 15.9. The van der Waals surface area contributed by atoms with Crippen molar-refractivity contribution in [2.75, 3.05) is 11.1 Å². The lowest BCUT2D eigenvalue weighted by Crippen LogP contribution is -2.14. The van der Waals surface area contributed by atoms with E-state index < -0.39 is 0 Å². The number of thioether (sulfide) groups is 1. The maximum atomic E-state index is 12.2. The Kier molecular flexibility index (Phi) is 6.74. The Bertz CT molecular complexity index is 973. The van der Waals surface area contributed by atoms with Gasteiger partial charge < -0.3 is 10.1 Å². The van der Waals surface area contributed by atoms with Gasteiger partial charge >= 0.3 is 0 Å². The third kappa shape index (κ3) is 5.59. The number of hydrogen-bond donors (Lipinski definition) is 2. The number of aromatic nitrogens is 3. The fourth-order valence-electron chi connectivity index (χ4n) is 2.39. The lowest BCUT2D eigenvalue weighted by atomic mass is 10.1. The largest absolute Gasteiger partial charge is 0.486 e. The highest BCUT2D eigenvalue weighted by Crippen LogP contribution is 2.26. The smallest absolute Gasteiger partial charge is 0.234 e. The summed E-state index contributed by atoms with van der Waals surface area (Å²) in [5, 5.41) is 10.4. The topological polar surface area (TPSA) is 79.9 Å². The Morgan fingerprint density at radius 3 is 2.64 bits per heavy atom. The molecule has 0 fully saturated rings. The number of nitrogens with zero attached hydrogens (tertiary/aromatic N) is 2. The van der Waals surface area contributed by atoms with Crippen molar-refractivity contribution in [2.24, 2.45) is 0 Å². The second-order valence-corrected chi connectivity index (χ2v) is 8.22. The summed E-state index contributed by atoms with van der Waals surface area (Å²) in [4.78, 5) is 16.6. The standard InChI is InChI=1S/C20H21BrN4O2S/c1-12-4-6-15(7-5-12)27-10-18-23-20(25-24-18)28-11-19(26)22-17-9-14(3)13(2)8-16(17)21/h4-9H,10-11H2,1-3H3,(H,22,26)(H,23,24,25). The molecule has 146 valence electrons. The summed E-state index contributed by atoms with van der Waals surface area (Å²) < 4.78 is 6.53. The fraction of sp³-hybridized carbons (Fsp3) is 0.250. The predicted octanol–water partition coefficient (Wildman–Crippen LogP) is 4.80. The number of aromatic amines is 1. The number of benzene rings is 2. The van der Waals surface area contributed by atoms with E-state index in [2.05, 4.69) is 36.4 Å². The first kappa shape index (κ1) is 20.4. The van der Waals surface area contributed by atoms with Crippen LogP contribution in [0.1, 0.15) is 22.5 Å². The number of hydrogen-bond acceptors (Lipinski definition) is 5. The summed E-state index contributed by atoms with van der Waals surface area (Å²) >= 11 is 4.75. The van der Waals surface area contributed by atoms with Crippen LogP contribution < -0.4 is 10.1 Å². The minimum atomic E-state index is -0.115. The van der Waals surface area contributed by atoms with Crippen molar-refractivity contribution < 1.29 is 9.53 Å². The molecule has 0 bridgehead atoms. The number of anilines is 1. The number of rotatable bonds is 7. The molecule has 0 unspecified atom stereocenters. The first-order valence-electron chi connectivity index (χ1n) is 8.71. The summed E-state index contributed by atoms with van der Waals surface area (Å²) in [5.74, 6) is 1.49. The number of carbonyl (C=O) groups is 1. The molecule has 1 aromatic heterocycles. The zero-order valence-corrected chi connectivity index (χ0v) is 18.3. The minimum Gasteiger partial charge on any atom is -0.486 e. The van der Waals surface area contributed by atoms with Gasteiger partial charge in [0.05, 0.1) is 11.4 Å². The molecule has 1 heterocycles. The van der Waals surface area contributed by atoms with Gasteiger partial charge in [0.15, 0.2) is 5.82 Å².